The molecule has 2 aromatic rings. The van der Waals surface area contributed by atoms with Crippen LogP contribution in [-0.2, 0) is 0 Å². The SMILES string of the molecule is CC[C@H](CNC(=O)c1ccccn1)c1ccccc1. The predicted molar refractivity (Wildman–Crippen MR) is 76.0 cm³/mol. The quantitative estimate of drug-likeness (QED) is 0.891. The highest BCUT2D eigenvalue weighted by atomic mass is 16.1. The lowest BCUT2D eigenvalue weighted by Crippen LogP contribution is -2.28. The van der Waals surface area contributed by atoms with Gasteiger partial charge in [-0.25, -0.2) is 0 Å². The Morgan fingerprint density at radius 3 is 2.53 bits per heavy atom. The molecule has 1 N–H and O–H groups in total. The number of benzene rings is 1. The van der Waals surface area contributed by atoms with Gasteiger partial charge in [-0.3, -0.25) is 9.78 Å². The van der Waals surface area contributed by atoms with E-state index in [9.17, 15) is 4.79 Å². The standard InChI is InChI=1S/C16H18N2O/c1-2-13(14-8-4-3-5-9-14)12-18-16(19)15-10-6-7-11-17-15/h3-11,13H,2,12H2,1H3,(H,18,19)/t13-/m1/s1. The van der Waals surface area contributed by atoms with Crippen molar-refractivity contribution in [1.29, 1.82) is 0 Å². The van der Waals surface area contributed by atoms with Gasteiger partial charge >= 0.3 is 0 Å². The van der Waals surface area contributed by atoms with Crippen LogP contribution in [0.2, 0.25) is 0 Å². The fraction of sp³-hybridized carbons (Fsp3) is 0.250. The van der Waals surface area contributed by atoms with Crippen LogP contribution in [0.15, 0.2) is 54.7 Å². The number of hydrogen-bond acceptors (Lipinski definition) is 2. The first kappa shape index (κ1) is 13.3. The first-order valence-electron chi connectivity index (χ1n) is 6.55. The molecular weight excluding hydrogens is 236 g/mol. The minimum atomic E-state index is -0.116. The number of amides is 1. The van der Waals surface area contributed by atoms with Gasteiger partial charge in [0.15, 0.2) is 0 Å². The molecule has 0 radical (unpaired) electrons. The molecule has 0 spiro atoms. The van der Waals surface area contributed by atoms with Crippen LogP contribution < -0.4 is 5.32 Å². The average Bonchev–Trinajstić information content (AvgIpc) is 2.49. The lowest BCUT2D eigenvalue weighted by Gasteiger charge is -2.16. The normalized spacial score (nSPS) is 11.8. The van der Waals surface area contributed by atoms with Crippen molar-refractivity contribution in [3.63, 3.8) is 0 Å². The van der Waals surface area contributed by atoms with Gasteiger partial charge < -0.3 is 5.32 Å². The number of hydrogen-bond donors (Lipinski definition) is 1. The van der Waals surface area contributed by atoms with Gasteiger partial charge in [-0.1, -0.05) is 43.3 Å². The third kappa shape index (κ3) is 3.65. The van der Waals surface area contributed by atoms with E-state index in [-0.39, 0.29) is 5.91 Å². The number of aromatic nitrogens is 1. The van der Waals surface area contributed by atoms with E-state index in [1.54, 1.807) is 18.3 Å². The molecule has 19 heavy (non-hydrogen) atoms. The Bertz CT molecular complexity index is 511. The van der Waals surface area contributed by atoms with E-state index in [4.69, 9.17) is 0 Å². The van der Waals surface area contributed by atoms with E-state index in [1.807, 2.05) is 24.3 Å². The maximum atomic E-state index is 11.9. The van der Waals surface area contributed by atoms with Crippen LogP contribution in [0.5, 0.6) is 0 Å². The number of nitrogens with zero attached hydrogens (tertiary/aromatic N) is 1. The summed E-state index contributed by atoms with van der Waals surface area (Å²) in [5.41, 5.74) is 1.72. The zero-order valence-corrected chi connectivity index (χ0v) is 11.0. The van der Waals surface area contributed by atoms with Crippen molar-refractivity contribution >= 4 is 5.91 Å². The van der Waals surface area contributed by atoms with Gasteiger partial charge in [-0.15, -0.1) is 0 Å². The molecule has 0 aliphatic carbocycles. The molecule has 1 amide bonds. The van der Waals surface area contributed by atoms with E-state index < -0.39 is 0 Å². The molecule has 0 saturated carbocycles. The number of pyridine rings is 1. The van der Waals surface area contributed by atoms with Gasteiger partial charge in [0.25, 0.3) is 5.91 Å². The van der Waals surface area contributed by atoms with Gasteiger partial charge in [0, 0.05) is 18.7 Å². The van der Waals surface area contributed by atoms with Crippen molar-refractivity contribution in [2.24, 2.45) is 0 Å². The lowest BCUT2D eigenvalue weighted by molar-refractivity contribution is 0.0946. The lowest BCUT2D eigenvalue weighted by atomic mass is 9.96. The maximum Gasteiger partial charge on any atom is 0.269 e. The fourth-order valence-electron chi connectivity index (χ4n) is 2.03. The highest BCUT2D eigenvalue weighted by Crippen LogP contribution is 2.17. The van der Waals surface area contributed by atoms with Crippen molar-refractivity contribution in [3.05, 3.63) is 66.0 Å². The molecular formula is C16H18N2O. The summed E-state index contributed by atoms with van der Waals surface area (Å²) in [7, 11) is 0. The minimum absolute atomic E-state index is 0.116. The number of carbonyl (C=O) groups is 1. The second-order valence-corrected chi connectivity index (χ2v) is 4.44. The van der Waals surface area contributed by atoms with E-state index in [1.165, 1.54) is 5.56 Å². The molecule has 0 fully saturated rings. The van der Waals surface area contributed by atoms with Gasteiger partial charge in [-0.05, 0) is 24.1 Å². The van der Waals surface area contributed by atoms with Crippen LogP contribution in [0.4, 0.5) is 0 Å². The summed E-state index contributed by atoms with van der Waals surface area (Å²) >= 11 is 0. The number of rotatable bonds is 5. The molecule has 98 valence electrons. The Balaban J connectivity index is 1.96. The van der Waals surface area contributed by atoms with Gasteiger partial charge in [0.05, 0.1) is 0 Å². The summed E-state index contributed by atoms with van der Waals surface area (Å²) in [5.74, 6) is 0.226. The highest BCUT2D eigenvalue weighted by Gasteiger charge is 2.12. The second kappa shape index (κ2) is 6.69. The largest absolute Gasteiger partial charge is 0.350 e. The van der Waals surface area contributed by atoms with Crippen LogP contribution in [0.3, 0.4) is 0 Å². The van der Waals surface area contributed by atoms with Crippen LogP contribution >= 0.6 is 0 Å². The molecule has 1 atom stereocenters. The van der Waals surface area contributed by atoms with Crippen molar-refractivity contribution in [2.75, 3.05) is 6.54 Å². The molecule has 3 nitrogen and oxygen atoms in total. The zero-order valence-electron chi connectivity index (χ0n) is 11.0. The Morgan fingerprint density at radius 1 is 1.16 bits per heavy atom. The molecule has 0 aliphatic heterocycles. The molecule has 1 aromatic heterocycles. The van der Waals surface area contributed by atoms with Crippen LogP contribution in [0.1, 0.15) is 35.3 Å². The molecule has 3 heteroatoms. The Hall–Kier alpha value is -2.16. The number of carbonyl (C=O) groups excluding carboxylic acids is 1. The summed E-state index contributed by atoms with van der Waals surface area (Å²) < 4.78 is 0. The molecule has 1 heterocycles. The summed E-state index contributed by atoms with van der Waals surface area (Å²) in [6, 6.07) is 15.6. The van der Waals surface area contributed by atoms with Crippen LogP contribution in [-0.4, -0.2) is 17.4 Å². The highest BCUT2D eigenvalue weighted by molar-refractivity contribution is 5.92. The maximum absolute atomic E-state index is 11.9. The summed E-state index contributed by atoms with van der Waals surface area (Å²) in [6.07, 6.45) is 2.62. The van der Waals surface area contributed by atoms with Crippen LogP contribution in [0, 0.1) is 0 Å². The van der Waals surface area contributed by atoms with Gasteiger partial charge in [0.2, 0.25) is 0 Å². The average molecular weight is 254 g/mol. The van der Waals surface area contributed by atoms with E-state index in [0.717, 1.165) is 6.42 Å². The first-order valence-corrected chi connectivity index (χ1v) is 6.55. The van der Waals surface area contributed by atoms with Crippen LogP contribution in [0.25, 0.3) is 0 Å². The first-order chi connectivity index (χ1) is 9.31. The fourth-order valence-corrected chi connectivity index (χ4v) is 2.03. The Labute approximate surface area is 113 Å². The Morgan fingerprint density at radius 2 is 1.89 bits per heavy atom. The minimum Gasteiger partial charge on any atom is -0.350 e. The summed E-state index contributed by atoms with van der Waals surface area (Å²) in [5, 5.41) is 2.95. The summed E-state index contributed by atoms with van der Waals surface area (Å²) in [4.78, 5) is 16.0. The molecule has 0 aliphatic rings. The molecule has 2 rings (SSSR count). The second-order valence-electron chi connectivity index (χ2n) is 4.44. The van der Waals surface area contributed by atoms with Gasteiger partial charge in [0.1, 0.15) is 5.69 Å². The third-order valence-corrected chi connectivity index (χ3v) is 3.17. The van der Waals surface area contributed by atoms with E-state index in [2.05, 4.69) is 29.4 Å². The van der Waals surface area contributed by atoms with Crippen molar-refractivity contribution in [2.45, 2.75) is 19.3 Å². The summed E-state index contributed by atoms with van der Waals surface area (Å²) in [6.45, 7) is 2.76. The molecule has 1 aromatic carbocycles. The van der Waals surface area contributed by atoms with Gasteiger partial charge in [-0.2, -0.15) is 0 Å². The topological polar surface area (TPSA) is 42.0 Å². The zero-order chi connectivity index (χ0) is 13.5. The smallest absolute Gasteiger partial charge is 0.269 e. The predicted octanol–water partition coefficient (Wildman–Crippen LogP) is 3.01. The van der Waals surface area contributed by atoms with Crippen molar-refractivity contribution in [1.82, 2.24) is 10.3 Å². The molecule has 0 unspecified atom stereocenters. The molecule has 0 saturated heterocycles. The van der Waals surface area contributed by atoms with Crippen molar-refractivity contribution < 1.29 is 4.79 Å². The number of nitrogens with one attached hydrogen (secondary N) is 1. The van der Waals surface area contributed by atoms with E-state index in [0.29, 0.717) is 18.2 Å². The molecule has 0 bridgehead atoms. The van der Waals surface area contributed by atoms with E-state index >= 15 is 0 Å². The van der Waals surface area contributed by atoms with Crippen molar-refractivity contribution in [3.8, 4) is 0 Å². The Kier molecular flexibility index (Phi) is 4.67. The third-order valence-electron chi connectivity index (χ3n) is 3.17. The monoisotopic (exact) mass is 254 g/mol.